The van der Waals surface area contributed by atoms with Crippen LogP contribution < -0.4 is 4.74 Å². The molecule has 1 N–H and O–H groups in total. The highest BCUT2D eigenvalue weighted by molar-refractivity contribution is 7.20. The molecule has 5 rings (SSSR count). The van der Waals surface area contributed by atoms with Gasteiger partial charge in [-0.3, -0.25) is 9.89 Å². The Bertz CT molecular complexity index is 1140. The van der Waals surface area contributed by atoms with Crippen LogP contribution in [-0.4, -0.2) is 45.2 Å². The van der Waals surface area contributed by atoms with E-state index in [9.17, 15) is 4.79 Å². The van der Waals surface area contributed by atoms with Crippen LogP contribution in [0.4, 0.5) is 0 Å². The lowest BCUT2D eigenvalue weighted by molar-refractivity contribution is 0.0590. The molecule has 148 valence electrons. The van der Waals surface area contributed by atoms with Crippen LogP contribution in [0.15, 0.2) is 47.1 Å². The van der Waals surface area contributed by atoms with Gasteiger partial charge in [-0.25, -0.2) is 4.98 Å². The van der Waals surface area contributed by atoms with E-state index in [0.717, 1.165) is 28.6 Å². The Morgan fingerprint density at radius 2 is 2.14 bits per heavy atom. The van der Waals surface area contributed by atoms with Crippen LogP contribution >= 0.6 is 11.3 Å². The normalized spacial score (nSPS) is 15.1. The summed E-state index contributed by atoms with van der Waals surface area (Å²) in [5, 5.41) is 7.72. The van der Waals surface area contributed by atoms with Gasteiger partial charge >= 0.3 is 0 Å². The number of fused-ring (bicyclic) bond motifs is 1. The van der Waals surface area contributed by atoms with Crippen molar-refractivity contribution in [3.05, 3.63) is 53.9 Å². The third-order valence-electron chi connectivity index (χ3n) is 5.18. The number of nitrogens with one attached hydrogen (secondary N) is 1. The molecule has 1 saturated heterocycles. The maximum Gasteiger partial charge on any atom is 0.274 e. The number of aryl methyl sites for hydroxylation is 1. The van der Waals surface area contributed by atoms with E-state index in [1.54, 1.807) is 29.7 Å². The standard InChI is InChI=1S/C21H20N4O3S/c1-13-4-2-6-18-19(13)22-21(29-18)28-14-7-9-25(10-8-14)20(26)16-12-15(23-24-16)17-5-3-11-27-17/h2-6,11-12,14H,7-10H2,1H3,(H,23,24). The van der Waals surface area contributed by atoms with Crippen molar-refractivity contribution in [2.75, 3.05) is 13.1 Å². The Labute approximate surface area is 171 Å². The molecule has 1 amide bonds. The Morgan fingerprint density at radius 3 is 2.90 bits per heavy atom. The second-order valence-electron chi connectivity index (χ2n) is 7.15. The van der Waals surface area contributed by atoms with Gasteiger partial charge in [0.2, 0.25) is 0 Å². The van der Waals surface area contributed by atoms with E-state index in [1.165, 1.54) is 0 Å². The molecule has 0 unspecified atom stereocenters. The van der Waals surface area contributed by atoms with Crippen LogP contribution in [-0.2, 0) is 0 Å². The number of piperidine rings is 1. The van der Waals surface area contributed by atoms with E-state index in [0.29, 0.717) is 35.4 Å². The van der Waals surface area contributed by atoms with Crippen LogP contribution in [0.5, 0.6) is 5.19 Å². The molecule has 1 aliphatic heterocycles. The van der Waals surface area contributed by atoms with Crippen LogP contribution in [0.2, 0.25) is 0 Å². The first kappa shape index (κ1) is 17.9. The highest BCUT2D eigenvalue weighted by Crippen LogP contribution is 2.31. The number of rotatable bonds is 4. The number of furan rings is 1. The van der Waals surface area contributed by atoms with Gasteiger partial charge in [0.05, 0.1) is 16.5 Å². The summed E-state index contributed by atoms with van der Waals surface area (Å²) in [6.07, 6.45) is 3.21. The minimum absolute atomic E-state index is 0.0674. The topological polar surface area (TPSA) is 84.2 Å². The Balaban J connectivity index is 1.21. The predicted molar refractivity (Wildman–Crippen MR) is 110 cm³/mol. The van der Waals surface area contributed by atoms with Gasteiger partial charge in [-0.05, 0) is 30.7 Å². The second kappa shape index (κ2) is 7.36. The van der Waals surface area contributed by atoms with E-state index < -0.39 is 0 Å². The van der Waals surface area contributed by atoms with Crippen molar-refractivity contribution in [2.45, 2.75) is 25.9 Å². The lowest BCUT2D eigenvalue weighted by Gasteiger charge is -2.31. The molecule has 1 aromatic carbocycles. The minimum atomic E-state index is -0.0758. The predicted octanol–water partition coefficient (Wildman–Crippen LogP) is 4.27. The number of hydrogen-bond donors (Lipinski definition) is 1. The molecule has 7 nitrogen and oxygen atoms in total. The zero-order chi connectivity index (χ0) is 19.8. The fourth-order valence-corrected chi connectivity index (χ4v) is 4.55. The summed E-state index contributed by atoms with van der Waals surface area (Å²) in [5.41, 5.74) is 3.26. The van der Waals surface area contributed by atoms with Crippen molar-refractivity contribution in [1.82, 2.24) is 20.1 Å². The van der Waals surface area contributed by atoms with E-state index in [-0.39, 0.29) is 12.0 Å². The summed E-state index contributed by atoms with van der Waals surface area (Å²) in [6.45, 7) is 3.33. The number of nitrogens with zero attached hydrogens (tertiary/aromatic N) is 3. The number of hydrogen-bond acceptors (Lipinski definition) is 6. The molecule has 1 fully saturated rings. The van der Waals surface area contributed by atoms with E-state index in [2.05, 4.69) is 34.2 Å². The smallest absolute Gasteiger partial charge is 0.274 e. The quantitative estimate of drug-likeness (QED) is 0.545. The molecule has 4 heterocycles. The fraction of sp³-hybridized carbons (Fsp3) is 0.286. The van der Waals surface area contributed by atoms with Gasteiger partial charge in [-0.15, -0.1) is 0 Å². The summed E-state index contributed by atoms with van der Waals surface area (Å²) in [7, 11) is 0. The molecule has 3 aromatic heterocycles. The van der Waals surface area contributed by atoms with E-state index >= 15 is 0 Å². The van der Waals surface area contributed by atoms with Gasteiger partial charge in [-0.2, -0.15) is 5.10 Å². The average molecular weight is 408 g/mol. The molecule has 0 atom stereocenters. The fourth-order valence-electron chi connectivity index (χ4n) is 3.59. The lowest BCUT2D eigenvalue weighted by atomic mass is 10.1. The summed E-state index contributed by atoms with van der Waals surface area (Å²) >= 11 is 1.57. The number of amides is 1. The third-order valence-corrected chi connectivity index (χ3v) is 6.09. The van der Waals surface area contributed by atoms with E-state index in [1.807, 2.05) is 17.0 Å². The number of carbonyl (C=O) groups excluding carboxylic acids is 1. The molecule has 0 aliphatic carbocycles. The first-order chi connectivity index (χ1) is 14.2. The number of benzene rings is 1. The van der Waals surface area contributed by atoms with Crippen molar-refractivity contribution in [3.8, 4) is 16.6 Å². The van der Waals surface area contributed by atoms with Crippen LogP contribution in [0, 0.1) is 6.92 Å². The SMILES string of the molecule is Cc1cccc2sc(OC3CCN(C(=O)c4cc(-c5ccco5)[nH]n4)CC3)nc12. The maximum atomic E-state index is 12.8. The van der Waals surface area contributed by atoms with Gasteiger partial charge in [0.15, 0.2) is 11.5 Å². The molecule has 0 saturated carbocycles. The van der Waals surface area contributed by atoms with Crippen molar-refractivity contribution in [3.63, 3.8) is 0 Å². The van der Waals surface area contributed by atoms with Crippen molar-refractivity contribution < 1.29 is 13.9 Å². The highest BCUT2D eigenvalue weighted by atomic mass is 32.1. The number of para-hydroxylation sites is 1. The number of aromatic amines is 1. The number of likely N-dealkylation sites (tertiary alicyclic amines) is 1. The Hall–Kier alpha value is -3.13. The molecule has 8 heteroatoms. The van der Waals surface area contributed by atoms with E-state index in [4.69, 9.17) is 9.15 Å². The van der Waals surface area contributed by atoms with Crippen molar-refractivity contribution in [2.24, 2.45) is 0 Å². The zero-order valence-electron chi connectivity index (χ0n) is 15.9. The summed E-state index contributed by atoms with van der Waals surface area (Å²) < 4.78 is 12.6. The molecule has 0 radical (unpaired) electrons. The van der Waals surface area contributed by atoms with Crippen molar-refractivity contribution >= 4 is 27.5 Å². The van der Waals surface area contributed by atoms with Gasteiger partial charge in [-0.1, -0.05) is 23.5 Å². The molecule has 29 heavy (non-hydrogen) atoms. The molecule has 1 aliphatic rings. The molecular formula is C21H20N4O3S. The van der Waals surface area contributed by atoms with Crippen LogP contribution in [0.25, 0.3) is 21.7 Å². The third kappa shape index (κ3) is 3.51. The number of thiazole rings is 1. The van der Waals surface area contributed by atoms with Gasteiger partial charge in [0.25, 0.3) is 11.1 Å². The zero-order valence-corrected chi connectivity index (χ0v) is 16.7. The Morgan fingerprint density at radius 1 is 1.28 bits per heavy atom. The monoisotopic (exact) mass is 408 g/mol. The number of carbonyl (C=O) groups is 1. The number of ether oxygens (including phenoxy) is 1. The Kier molecular flexibility index (Phi) is 4.55. The summed E-state index contributed by atoms with van der Waals surface area (Å²) in [5.74, 6) is 0.586. The number of aromatic nitrogens is 3. The lowest BCUT2D eigenvalue weighted by Crippen LogP contribution is -2.41. The minimum Gasteiger partial charge on any atom is -0.467 e. The van der Waals surface area contributed by atoms with Crippen molar-refractivity contribution in [1.29, 1.82) is 0 Å². The van der Waals surface area contributed by atoms with Crippen LogP contribution in [0.3, 0.4) is 0 Å². The second-order valence-corrected chi connectivity index (χ2v) is 8.15. The van der Waals surface area contributed by atoms with Gasteiger partial charge in [0.1, 0.15) is 11.8 Å². The molecule has 4 aromatic rings. The molecule has 0 bridgehead atoms. The first-order valence-electron chi connectivity index (χ1n) is 9.59. The molecule has 0 spiro atoms. The summed E-state index contributed by atoms with van der Waals surface area (Å²) in [6, 6.07) is 11.5. The van der Waals surface area contributed by atoms with Crippen LogP contribution in [0.1, 0.15) is 28.9 Å². The van der Waals surface area contributed by atoms with Gasteiger partial charge in [0, 0.05) is 32.0 Å². The summed E-state index contributed by atoms with van der Waals surface area (Å²) in [4.78, 5) is 19.2. The molecular weight excluding hydrogens is 388 g/mol. The largest absolute Gasteiger partial charge is 0.467 e. The first-order valence-corrected chi connectivity index (χ1v) is 10.4. The van der Waals surface area contributed by atoms with Gasteiger partial charge < -0.3 is 14.1 Å². The highest BCUT2D eigenvalue weighted by Gasteiger charge is 2.27. The average Bonchev–Trinajstić information content (AvgIpc) is 3.48. The maximum absolute atomic E-state index is 12.8. The number of H-pyrrole nitrogens is 1.